The Morgan fingerprint density at radius 1 is 1.42 bits per heavy atom. The summed E-state index contributed by atoms with van der Waals surface area (Å²) in [6.07, 6.45) is 5.52. The molecule has 12 heavy (non-hydrogen) atoms. The van der Waals surface area contributed by atoms with Crippen LogP contribution in [0.15, 0.2) is 41.2 Å². The summed E-state index contributed by atoms with van der Waals surface area (Å²) in [7, 11) is 0. The smallest absolute Gasteiger partial charge is 0.167 e. The lowest BCUT2D eigenvalue weighted by Crippen LogP contribution is -2.26. The molecule has 0 saturated carbocycles. The predicted octanol–water partition coefficient (Wildman–Crippen LogP) is 0.554. The van der Waals surface area contributed by atoms with Crippen LogP contribution in [0.5, 0.6) is 0 Å². The molecule has 58 valence electrons. The van der Waals surface area contributed by atoms with Crippen molar-refractivity contribution in [3.8, 4) is 0 Å². The van der Waals surface area contributed by atoms with E-state index in [0.717, 1.165) is 16.4 Å². The summed E-state index contributed by atoms with van der Waals surface area (Å²) < 4.78 is 0. The van der Waals surface area contributed by atoms with Crippen LogP contribution in [-0.2, 0) is 0 Å². The minimum atomic E-state index is 0.750. The van der Waals surface area contributed by atoms with Gasteiger partial charge in [0, 0.05) is 11.9 Å². The molecule has 2 heterocycles. The molecule has 0 bridgehead atoms. The molecule has 0 radical (unpaired) electrons. The summed E-state index contributed by atoms with van der Waals surface area (Å²) >= 11 is 0. The van der Waals surface area contributed by atoms with Crippen LogP contribution < -0.4 is 10.7 Å². The lowest BCUT2D eigenvalue weighted by Gasteiger charge is -1.86. The zero-order valence-electron chi connectivity index (χ0n) is 6.78. The summed E-state index contributed by atoms with van der Waals surface area (Å²) in [5, 5.41) is 0.950. The van der Waals surface area contributed by atoms with Crippen LogP contribution in [0.1, 0.15) is 6.92 Å². The summed E-state index contributed by atoms with van der Waals surface area (Å²) in [6.45, 7) is 1.95. The zero-order chi connectivity index (χ0) is 8.39. The van der Waals surface area contributed by atoms with Crippen LogP contribution in [0.2, 0.25) is 0 Å². The van der Waals surface area contributed by atoms with Crippen molar-refractivity contribution in [2.75, 3.05) is 0 Å². The fraction of sp³-hybridized carbons (Fsp3) is 0.100. The maximum atomic E-state index is 4.30. The van der Waals surface area contributed by atoms with Crippen molar-refractivity contribution < 1.29 is 0 Å². The van der Waals surface area contributed by atoms with Gasteiger partial charge in [-0.3, -0.25) is 0 Å². The van der Waals surface area contributed by atoms with Crippen molar-refractivity contribution in [2.24, 2.45) is 4.99 Å². The molecule has 1 aliphatic heterocycles. The van der Waals surface area contributed by atoms with Crippen LogP contribution in [0, 0.1) is 0 Å². The Kier molecular flexibility index (Phi) is 1.61. The minimum Gasteiger partial charge on any atom is -0.236 e. The molecule has 0 amide bonds. The Morgan fingerprint density at radius 2 is 2.33 bits per heavy atom. The lowest BCUT2D eigenvalue weighted by molar-refractivity contribution is 1.08. The highest BCUT2D eigenvalue weighted by Gasteiger charge is 1.89. The molecule has 1 aromatic rings. The van der Waals surface area contributed by atoms with E-state index in [4.69, 9.17) is 0 Å². The summed E-state index contributed by atoms with van der Waals surface area (Å²) in [5.41, 5.74) is 4.81. The number of rotatable bonds is 0. The van der Waals surface area contributed by atoms with E-state index in [2.05, 4.69) is 15.7 Å². The van der Waals surface area contributed by atoms with E-state index in [1.807, 2.05) is 31.2 Å². The summed E-state index contributed by atoms with van der Waals surface area (Å²) in [4.78, 5) is 8.44. The molecule has 0 unspecified atom stereocenters. The molecule has 2 nitrogen and oxygen atoms in total. The van der Waals surface area contributed by atoms with Gasteiger partial charge in [-0.1, -0.05) is 0 Å². The second-order valence-corrected chi connectivity index (χ2v) is 2.61. The fourth-order valence-electron chi connectivity index (χ4n) is 1.06. The van der Waals surface area contributed by atoms with Crippen LogP contribution in [0.4, 0.5) is 0 Å². The van der Waals surface area contributed by atoms with E-state index in [9.17, 15) is 0 Å². The highest BCUT2D eigenvalue weighted by molar-refractivity contribution is 5.28. The normalized spacial score (nSPS) is 13.6. The largest absolute Gasteiger partial charge is 0.236 e. The maximum Gasteiger partial charge on any atom is 0.167 e. The molecule has 0 aliphatic carbocycles. The van der Waals surface area contributed by atoms with Gasteiger partial charge in [0.1, 0.15) is 0 Å². The molecule has 1 aromatic heterocycles. The number of fused-ring (bicyclic) bond motifs is 1. The minimum absolute atomic E-state index is 0.750. The highest BCUT2D eigenvalue weighted by Crippen LogP contribution is 1.92. The van der Waals surface area contributed by atoms with Gasteiger partial charge >= 0.3 is 0 Å². The molecule has 2 rings (SSSR count). The van der Waals surface area contributed by atoms with Crippen molar-refractivity contribution in [3.05, 3.63) is 46.9 Å². The number of hydrogen-bond donors (Lipinski definition) is 0. The SMILES string of the molecule is CC1=CC=C=c2cccnc2=N1. The Bertz CT molecular complexity index is 477. The van der Waals surface area contributed by atoms with Crippen molar-refractivity contribution >= 4 is 5.73 Å². The van der Waals surface area contributed by atoms with Gasteiger partial charge in [0.05, 0.1) is 5.22 Å². The molecular formula is C10H8N2. The molecule has 0 spiro atoms. The van der Waals surface area contributed by atoms with E-state index in [0.29, 0.717) is 0 Å². The number of pyridine rings is 1. The van der Waals surface area contributed by atoms with Crippen molar-refractivity contribution in [2.45, 2.75) is 6.92 Å². The Morgan fingerprint density at radius 3 is 3.25 bits per heavy atom. The van der Waals surface area contributed by atoms with Crippen molar-refractivity contribution in [3.63, 3.8) is 0 Å². The third-order valence-electron chi connectivity index (χ3n) is 1.63. The first kappa shape index (κ1) is 7.01. The third kappa shape index (κ3) is 1.20. The first-order valence-electron chi connectivity index (χ1n) is 3.80. The molecule has 0 N–H and O–H groups in total. The fourth-order valence-corrected chi connectivity index (χ4v) is 1.06. The summed E-state index contributed by atoms with van der Waals surface area (Å²) in [6, 6.07) is 3.84. The third-order valence-corrected chi connectivity index (χ3v) is 1.63. The molecule has 0 aromatic carbocycles. The van der Waals surface area contributed by atoms with Crippen molar-refractivity contribution in [1.82, 2.24) is 4.98 Å². The Labute approximate surface area is 70.3 Å². The van der Waals surface area contributed by atoms with Gasteiger partial charge < -0.3 is 0 Å². The standard InChI is InChI=1S/C10H8N2/c1-8-4-2-5-9-6-3-7-11-10(9)12-8/h2-4,6-7H,1H3. The molecule has 0 atom stereocenters. The first-order chi connectivity index (χ1) is 5.86. The van der Waals surface area contributed by atoms with Crippen LogP contribution >= 0.6 is 0 Å². The van der Waals surface area contributed by atoms with Crippen LogP contribution in [0.3, 0.4) is 0 Å². The first-order valence-corrected chi connectivity index (χ1v) is 3.80. The Hall–Kier alpha value is -1.66. The molecule has 0 fully saturated rings. The van der Waals surface area contributed by atoms with Gasteiger partial charge in [-0.05, 0) is 31.2 Å². The van der Waals surface area contributed by atoms with Gasteiger partial charge in [0.2, 0.25) is 0 Å². The van der Waals surface area contributed by atoms with Gasteiger partial charge in [-0.25, -0.2) is 9.98 Å². The number of hydrogen-bond acceptors (Lipinski definition) is 2. The van der Waals surface area contributed by atoms with E-state index >= 15 is 0 Å². The molecule has 1 aliphatic rings. The second kappa shape index (κ2) is 2.76. The quantitative estimate of drug-likeness (QED) is 0.538. The average molecular weight is 156 g/mol. The zero-order valence-corrected chi connectivity index (χ0v) is 6.78. The topological polar surface area (TPSA) is 25.2 Å². The monoisotopic (exact) mass is 156 g/mol. The summed E-state index contributed by atoms with van der Waals surface area (Å²) in [5.74, 6) is 0. The maximum absolute atomic E-state index is 4.30. The van der Waals surface area contributed by atoms with Crippen LogP contribution in [0.25, 0.3) is 5.73 Å². The number of allylic oxidation sites excluding steroid dienone is 3. The van der Waals surface area contributed by atoms with Crippen LogP contribution in [-0.4, -0.2) is 4.98 Å². The Balaban J connectivity index is 2.92. The van der Waals surface area contributed by atoms with E-state index < -0.39 is 0 Å². The van der Waals surface area contributed by atoms with Gasteiger partial charge in [0.25, 0.3) is 0 Å². The molecule has 2 heteroatoms. The second-order valence-electron chi connectivity index (χ2n) is 2.61. The average Bonchev–Trinajstić information content (AvgIpc) is 2.25. The predicted molar refractivity (Wildman–Crippen MR) is 46.8 cm³/mol. The van der Waals surface area contributed by atoms with Gasteiger partial charge in [-0.15, -0.1) is 5.73 Å². The van der Waals surface area contributed by atoms with Crippen molar-refractivity contribution in [1.29, 1.82) is 0 Å². The number of aromatic nitrogens is 1. The van der Waals surface area contributed by atoms with E-state index in [-0.39, 0.29) is 0 Å². The number of nitrogens with zero attached hydrogens (tertiary/aromatic N) is 2. The molecular weight excluding hydrogens is 148 g/mol. The van der Waals surface area contributed by atoms with Gasteiger partial charge in [0.15, 0.2) is 5.49 Å². The van der Waals surface area contributed by atoms with Gasteiger partial charge in [-0.2, -0.15) is 0 Å². The molecule has 0 saturated heterocycles. The van der Waals surface area contributed by atoms with E-state index in [1.54, 1.807) is 6.20 Å². The highest BCUT2D eigenvalue weighted by atomic mass is 14.8. The van der Waals surface area contributed by atoms with E-state index in [1.165, 1.54) is 0 Å². The lowest BCUT2D eigenvalue weighted by atomic mass is 10.4.